The summed E-state index contributed by atoms with van der Waals surface area (Å²) in [6.07, 6.45) is 2.48. The Morgan fingerprint density at radius 1 is 1.35 bits per heavy atom. The minimum absolute atomic E-state index is 0.376. The summed E-state index contributed by atoms with van der Waals surface area (Å²) in [4.78, 5) is 15.9. The fraction of sp³-hybridized carbons (Fsp3) is 0.286. The van der Waals surface area contributed by atoms with Gasteiger partial charge in [0.25, 0.3) is 0 Å². The summed E-state index contributed by atoms with van der Waals surface area (Å²) in [6.45, 7) is 2.78. The topological polar surface area (TPSA) is 60.5 Å². The number of rotatable bonds is 6. The van der Waals surface area contributed by atoms with Crippen LogP contribution in [0.15, 0.2) is 30.5 Å². The predicted molar refractivity (Wildman–Crippen MR) is 79.0 cm³/mol. The van der Waals surface area contributed by atoms with Crippen LogP contribution in [0.4, 0.5) is 10.8 Å². The number of anilines is 2. The summed E-state index contributed by atoms with van der Waals surface area (Å²) in [6, 6.07) is 7.61. The number of nitrogens with one attached hydrogen (secondary N) is 1. The Hall–Kier alpha value is -2.08. The molecule has 106 valence electrons. The lowest BCUT2D eigenvalue weighted by atomic mass is 10.3. The SMILES string of the molecule is CCCOc1ccc(Nc2ncc(C(=O)OC)s2)cc1. The maximum atomic E-state index is 11.3. The van der Waals surface area contributed by atoms with E-state index in [0.717, 1.165) is 17.9 Å². The Morgan fingerprint density at radius 2 is 2.10 bits per heavy atom. The van der Waals surface area contributed by atoms with Crippen molar-refractivity contribution in [3.05, 3.63) is 35.3 Å². The molecule has 1 aromatic heterocycles. The van der Waals surface area contributed by atoms with Crippen molar-refractivity contribution in [3.63, 3.8) is 0 Å². The first-order chi connectivity index (χ1) is 9.72. The number of hydrogen-bond donors (Lipinski definition) is 1. The fourth-order valence-electron chi connectivity index (χ4n) is 1.50. The molecular weight excluding hydrogens is 276 g/mol. The maximum Gasteiger partial charge on any atom is 0.349 e. The van der Waals surface area contributed by atoms with E-state index < -0.39 is 0 Å². The van der Waals surface area contributed by atoms with Gasteiger partial charge in [0.15, 0.2) is 5.13 Å². The van der Waals surface area contributed by atoms with Crippen LogP contribution in [0.3, 0.4) is 0 Å². The molecule has 0 aliphatic carbocycles. The molecule has 0 atom stereocenters. The summed E-state index contributed by atoms with van der Waals surface area (Å²) in [5.41, 5.74) is 0.889. The third-order valence-electron chi connectivity index (χ3n) is 2.47. The molecule has 1 heterocycles. The summed E-state index contributed by atoms with van der Waals surface area (Å²) in [7, 11) is 1.35. The minimum atomic E-state index is -0.376. The molecule has 0 amide bonds. The molecule has 0 aliphatic heterocycles. The van der Waals surface area contributed by atoms with Gasteiger partial charge >= 0.3 is 5.97 Å². The van der Waals surface area contributed by atoms with Gasteiger partial charge in [-0.15, -0.1) is 0 Å². The molecule has 0 saturated carbocycles. The van der Waals surface area contributed by atoms with E-state index >= 15 is 0 Å². The zero-order valence-electron chi connectivity index (χ0n) is 11.4. The standard InChI is InChI=1S/C14H16N2O3S/c1-3-8-19-11-6-4-10(5-7-11)16-14-15-9-12(20-14)13(17)18-2/h4-7,9H,3,8H2,1-2H3,(H,15,16). The molecule has 0 radical (unpaired) electrons. The lowest BCUT2D eigenvalue weighted by Crippen LogP contribution is -1.96. The van der Waals surface area contributed by atoms with Crippen molar-refractivity contribution in [1.82, 2.24) is 4.98 Å². The number of nitrogens with zero attached hydrogens (tertiary/aromatic N) is 1. The van der Waals surface area contributed by atoms with Crippen LogP contribution in [0.1, 0.15) is 23.0 Å². The maximum absolute atomic E-state index is 11.3. The number of aromatic nitrogens is 1. The van der Waals surface area contributed by atoms with Gasteiger partial charge < -0.3 is 14.8 Å². The van der Waals surface area contributed by atoms with Crippen LogP contribution in [0, 0.1) is 0 Å². The Balaban J connectivity index is 1.99. The Labute approximate surface area is 121 Å². The van der Waals surface area contributed by atoms with Crippen LogP contribution in [-0.2, 0) is 4.74 Å². The Kier molecular flexibility index (Phi) is 4.95. The van der Waals surface area contributed by atoms with Crippen LogP contribution in [0.5, 0.6) is 5.75 Å². The zero-order chi connectivity index (χ0) is 14.4. The highest BCUT2D eigenvalue weighted by Crippen LogP contribution is 2.24. The smallest absolute Gasteiger partial charge is 0.349 e. The number of hydrogen-bond acceptors (Lipinski definition) is 6. The molecule has 1 N–H and O–H groups in total. The fourth-order valence-corrected chi connectivity index (χ4v) is 2.26. The van der Waals surface area contributed by atoms with Crippen molar-refractivity contribution < 1.29 is 14.3 Å². The normalized spacial score (nSPS) is 10.1. The van der Waals surface area contributed by atoms with Gasteiger partial charge in [-0.05, 0) is 30.7 Å². The first kappa shape index (κ1) is 14.3. The third-order valence-corrected chi connectivity index (χ3v) is 3.36. The third kappa shape index (κ3) is 3.71. The number of ether oxygens (including phenoxy) is 2. The van der Waals surface area contributed by atoms with Gasteiger partial charge in [0.1, 0.15) is 10.6 Å². The molecule has 6 heteroatoms. The van der Waals surface area contributed by atoms with E-state index in [9.17, 15) is 4.79 Å². The highest BCUT2D eigenvalue weighted by Gasteiger charge is 2.10. The monoisotopic (exact) mass is 292 g/mol. The molecule has 5 nitrogen and oxygen atoms in total. The summed E-state index contributed by atoms with van der Waals surface area (Å²) in [5.74, 6) is 0.464. The summed E-state index contributed by atoms with van der Waals surface area (Å²) in [5, 5.41) is 3.78. The predicted octanol–water partition coefficient (Wildman–Crippen LogP) is 3.46. The number of esters is 1. The molecular formula is C14H16N2O3S. The highest BCUT2D eigenvalue weighted by molar-refractivity contribution is 7.17. The van der Waals surface area contributed by atoms with E-state index in [1.807, 2.05) is 24.3 Å². The summed E-state index contributed by atoms with van der Waals surface area (Å²) >= 11 is 1.25. The van der Waals surface area contributed by atoms with Gasteiger partial charge in [0, 0.05) is 5.69 Å². The minimum Gasteiger partial charge on any atom is -0.494 e. The first-order valence-corrected chi connectivity index (χ1v) is 7.08. The van der Waals surface area contributed by atoms with Crippen molar-refractivity contribution in [2.24, 2.45) is 0 Å². The molecule has 0 bridgehead atoms. The molecule has 0 unspecified atom stereocenters. The van der Waals surface area contributed by atoms with Gasteiger partial charge in [0.2, 0.25) is 0 Å². The number of benzene rings is 1. The number of carbonyl (C=O) groups is 1. The van der Waals surface area contributed by atoms with Crippen LogP contribution in [0.2, 0.25) is 0 Å². The highest BCUT2D eigenvalue weighted by atomic mass is 32.1. The Morgan fingerprint density at radius 3 is 2.75 bits per heavy atom. The zero-order valence-corrected chi connectivity index (χ0v) is 12.2. The van der Waals surface area contributed by atoms with Crippen LogP contribution < -0.4 is 10.1 Å². The summed E-state index contributed by atoms with van der Waals surface area (Å²) < 4.78 is 10.1. The van der Waals surface area contributed by atoms with E-state index in [0.29, 0.717) is 16.6 Å². The van der Waals surface area contributed by atoms with Crippen LogP contribution >= 0.6 is 11.3 Å². The molecule has 0 fully saturated rings. The number of methoxy groups -OCH3 is 1. The van der Waals surface area contributed by atoms with E-state index in [1.165, 1.54) is 24.6 Å². The van der Waals surface area contributed by atoms with Crippen molar-refractivity contribution in [2.75, 3.05) is 19.0 Å². The van der Waals surface area contributed by atoms with E-state index in [2.05, 4.69) is 22.0 Å². The van der Waals surface area contributed by atoms with Gasteiger partial charge in [0.05, 0.1) is 19.9 Å². The van der Waals surface area contributed by atoms with Crippen molar-refractivity contribution in [2.45, 2.75) is 13.3 Å². The molecule has 0 aliphatic rings. The second-order valence-corrected chi connectivity index (χ2v) is 5.05. The lowest BCUT2D eigenvalue weighted by molar-refractivity contribution is 0.0606. The largest absolute Gasteiger partial charge is 0.494 e. The van der Waals surface area contributed by atoms with Crippen molar-refractivity contribution in [1.29, 1.82) is 0 Å². The molecule has 1 aromatic carbocycles. The van der Waals surface area contributed by atoms with E-state index in [-0.39, 0.29) is 5.97 Å². The van der Waals surface area contributed by atoms with Gasteiger partial charge in [-0.1, -0.05) is 18.3 Å². The second kappa shape index (κ2) is 6.91. The van der Waals surface area contributed by atoms with Crippen molar-refractivity contribution in [3.8, 4) is 5.75 Å². The lowest BCUT2D eigenvalue weighted by Gasteiger charge is -2.06. The van der Waals surface area contributed by atoms with Crippen LogP contribution in [-0.4, -0.2) is 24.7 Å². The molecule has 2 rings (SSSR count). The second-order valence-electron chi connectivity index (χ2n) is 4.02. The average Bonchev–Trinajstić information content (AvgIpc) is 2.94. The van der Waals surface area contributed by atoms with E-state index in [1.54, 1.807) is 0 Å². The van der Waals surface area contributed by atoms with Gasteiger partial charge in [-0.2, -0.15) is 0 Å². The van der Waals surface area contributed by atoms with E-state index in [4.69, 9.17) is 4.74 Å². The number of thiazole rings is 1. The molecule has 2 aromatic rings. The quantitative estimate of drug-likeness (QED) is 0.826. The first-order valence-electron chi connectivity index (χ1n) is 6.27. The Bertz CT molecular complexity index is 566. The molecule has 0 spiro atoms. The average molecular weight is 292 g/mol. The number of carbonyl (C=O) groups excluding carboxylic acids is 1. The molecule has 20 heavy (non-hydrogen) atoms. The van der Waals surface area contributed by atoms with Gasteiger partial charge in [-0.25, -0.2) is 9.78 Å². The van der Waals surface area contributed by atoms with Gasteiger partial charge in [-0.3, -0.25) is 0 Å². The van der Waals surface area contributed by atoms with Crippen molar-refractivity contribution >= 4 is 28.1 Å². The van der Waals surface area contributed by atoms with Crippen LogP contribution in [0.25, 0.3) is 0 Å². The molecule has 0 saturated heterocycles.